The molecule has 0 unspecified atom stereocenters. The number of nitrogens with one attached hydrogen (secondary N) is 1. The van der Waals surface area contributed by atoms with Gasteiger partial charge in [-0.3, -0.25) is 4.79 Å². The molecule has 0 aliphatic rings. The molecule has 1 N–H and O–H groups in total. The number of ether oxygens (including phenoxy) is 1. The Hall–Kier alpha value is -1.22. The zero-order valence-electron chi connectivity index (χ0n) is 8.08. The van der Waals surface area contributed by atoms with Crippen LogP contribution < -0.4 is 10.1 Å². The van der Waals surface area contributed by atoms with Crippen molar-refractivity contribution in [3.63, 3.8) is 0 Å². The summed E-state index contributed by atoms with van der Waals surface area (Å²) >= 11 is 5.62. The number of carbonyl (C=O) groups excluding carboxylic acids is 1. The molecule has 0 aromatic heterocycles. The SMILES string of the molecule is COc1ccccc1NC(=O)[C@@H](C)Cl. The number of anilines is 1. The summed E-state index contributed by atoms with van der Waals surface area (Å²) in [5.74, 6) is 0.384. The van der Waals surface area contributed by atoms with Gasteiger partial charge in [0, 0.05) is 0 Å². The Morgan fingerprint density at radius 2 is 2.14 bits per heavy atom. The topological polar surface area (TPSA) is 38.3 Å². The molecule has 14 heavy (non-hydrogen) atoms. The smallest absolute Gasteiger partial charge is 0.242 e. The molecule has 1 rings (SSSR count). The van der Waals surface area contributed by atoms with Crippen LogP contribution in [0.4, 0.5) is 5.69 Å². The summed E-state index contributed by atoms with van der Waals surface area (Å²) < 4.78 is 5.07. The molecule has 1 amide bonds. The average molecular weight is 214 g/mol. The van der Waals surface area contributed by atoms with Gasteiger partial charge < -0.3 is 10.1 Å². The lowest BCUT2D eigenvalue weighted by Gasteiger charge is -2.10. The minimum Gasteiger partial charge on any atom is -0.495 e. The van der Waals surface area contributed by atoms with Crippen molar-refractivity contribution in [3.8, 4) is 5.75 Å². The van der Waals surface area contributed by atoms with E-state index in [0.29, 0.717) is 11.4 Å². The van der Waals surface area contributed by atoms with E-state index in [9.17, 15) is 4.79 Å². The maximum atomic E-state index is 11.3. The highest BCUT2D eigenvalue weighted by Gasteiger charge is 2.11. The maximum Gasteiger partial charge on any atom is 0.242 e. The lowest BCUT2D eigenvalue weighted by Crippen LogP contribution is -2.20. The van der Waals surface area contributed by atoms with Crippen LogP contribution in [0.5, 0.6) is 5.75 Å². The van der Waals surface area contributed by atoms with Crippen LogP contribution in [-0.2, 0) is 4.79 Å². The lowest BCUT2D eigenvalue weighted by atomic mass is 10.3. The van der Waals surface area contributed by atoms with Crippen LogP contribution in [-0.4, -0.2) is 18.4 Å². The zero-order chi connectivity index (χ0) is 10.6. The van der Waals surface area contributed by atoms with Crippen molar-refractivity contribution in [2.24, 2.45) is 0 Å². The largest absolute Gasteiger partial charge is 0.495 e. The van der Waals surface area contributed by atoms with Gasteiger partial charge in [-0.2, -0.15) is 0 Å². The van der Waals surface area contributed by atoms with Crippen molar-refractivity contribution in [1.29, 1.82) is 0 Å². The Morgan fingerprint density at radius 3 is 2.71 bits per heavy atom. The van der Waals surface area contributed by atoms with E-state index in [-0.39, 0.29) is 5.91 Å². The fourth-order valence-electron chi connectivity index (χ4n) is 0.980. The van der Waals surface area contributed by atoms with E-state index in [4.69, 9.17) is 16.3 Å². The van der Waals surface area contributed by atoms with Crippen molar-refractivity contribution in [2.75, 3.05) is 12.4 Å². The third-order valence-electron chi connectivity index (χ3n) is 1.73. The third-order valence-corrected chi connectivity index (χ3v) is 1.92. The number of alkyl halides is 1. The van der Waals surface area contributed by atoms with Gasteiger partial charge in [-0.15, -0.1) is 11.6 Å². The summed E-state index contributed by atoms with van der Waals surface area (Å²) in [6, 6.07) is 7.18. The molecule has 0 spiro atoms. The summed E-state index contributed by atoms with van der Waals surface area (Å²) in [7, 11) is 1.55. The standard InChI is InChI=1S/C10H12ClNO2/c1-7(11)10(13)12-8-5-3-4-6-9(8)14-2/h3-7H,1-2H3,(H,12,13)/t7-/m1/s1. The van der Waals surface area contributed by atoms with Crippen LogP contribution in [0.2, 0.25) is 0 Å². The second-order valence-electron chi connectivity index (χ2n) is 2.81. The first-order valence-corrected chi connectivity index (χ1v) is 4.66. The second-order valence-corrected chi connectivity index (χ2v) is 3.46. The van der Waals surface area contributed by atoms with Gasteiger partial charge in [0.25, 0.3) is 0 Å². The van der Waals surface area contributed by atoms with Crippen LogP contribution in [0.3, 0.4) is 0 Å². The van der Waals surface area contributed by atoms with E-state index in [1.54, 1.807) is 26.2 Å². The summed E-state index contributed by atoms with van der Waals surface area (Å²) in [5, 5.41) is 2.11. The molecule has 1 aromatic carbocycles. The lowest BCUT2D eigenvalue weighted by molar-refractivity contribution is -0.115. The molecule has 1 atom stereocenters. The summed E-state index contributed by atoms with van der Waals surface area (Å²) in [6.07, 6.45) is 0. The molecule has 76 valence electrons. The van der Waals surface area contributed by atoms with Gasteiger partial charge in [-0.25, -0.2) is 0 Å². The van der Waals surface area contributed by atoms with E-state index in [1.807, 2.05) is 12.1 Å². The first-order chi connectivity index (χ1) is 6.65. The summed E-state index contributed by atoms with van der Waals surface area (Å²) in [5.41, 5.74) is 0.632. The molecule has 1 aromatic rings. The first-order valence-electron chi connectivity index (χ1n) is 4.23. The quantitative estimate of drug-likeness (QED) is 0.783. The summed E-state index contributed by atoms with van der Waals surface area (Å²) in [6.45, 7) is 1.62. The van der Waals surface area contributed by atoms with Crippen molar-refractivity contribution in [3.05, 3.63) is 24.3 Å². The van der Waals surface area contributed by atoms with Crippen molar-refractivity contribution < 1.29 is 9.53 Å². The molecular weight excluding hydrogens is 202 g/mol. The number of para-hydroxylation sites is 2. The minimum atomic E-state index is -0.556. The molecule has 0 saturated heterocycles. The number of halogens is 1. The van der Waals surface area contributed by atoms with Crippen molar-refractivity contribution in [1.82, 2.24) is 0 Å². The Bertz CT molecular complexity index is 326. The fourth-order valence-corrected chi connectivity index (χ4v) is 1.03. The highest BCUT2D eigenvalue weighted by molar-refractivity contribution is 6.32. The highest BCUT2D eigenvalue weighted by Crippen LogP contribution is 2.23. The monoisotopic (exact) mass is 213 g/mol. The molecule has 3 nitrogen and oxygen atoms in total. The molecular formula is C10H12ClNO2. The predicted octanol–water partition coefficient (Wildman–Crippen LogP) is 2.26. The molecule has 0 aliphatic carbocycles. The third kappa shape index (κ3) is 2.64. The van der Waals surface area contributed by atoms with E-state index < -0.39 is 5.38 Å². The van der Waals surface area contributed by atoms with Gasteiger partial charge in [0.05, 0.1) is 12.8 Å². The van der Waals surface area contributed by atoms with E-state index in [0.717, 1.165) is 0 Å². The van der Waals surface area contributed by atoms with Crippen LogP contribution in [0.25, 0.3) is 0 Å². The average Bonchev–Trinajstić information content (AvgIpc) is 2.18. The van der Waals surface area contributed by atoms with Crippen LogP contribution in [0.15, 0.2) is 24.3 Å². The Balaban J connectivity index is 2.80. The number of hydrogen-bond acceptors (Lipinski definition) is 2. The second kappa shape index (κ2) is 4.86. The van der Waals surface area contributed by atoms with Crippen LogP contribution >= 0.6 is 11.6 Å². The van der Waals surface area contributed by atoms with E-state index in [2.05, 4.69) is 5.32 Å². The maximum absolute atomic E-state index is 11.3. The first kappa shape index (κ1) is 10.9. The van der Waals surface area contributed by atoms with Crippen molar-refractivity contribution in [2.45, 2.75) is 12.3 Å². The molecule has 0 heterocycles. The highest BCUT2D eigenvalue weighted by atomic mass is 35.5. The number of methoxy groups -OCH3 is 1. The van der Waals surface area contributed by atoms with Gasteiger partial charge >= 0.3 is 0 Å². The Morgan fingerprint density at radius 1 is 1.50 bits per heavy atom. The van der Waals surface area contributed by atoms with Gasteiger partial charge in [-0.1, -0.05) is 12.1 Å². The van der Waals surface area contributed by atoms with Gasteiger partial charge in [0.2, 0.25) is 5.91 Å². The number of carbonyl (C=O) groups is 1. The van der Waals surface area contributed by atoms with Gasteiger partial charge in [0.1, 0.15) is 11.1 Å². The van der Waals surface area contributed by atoms with Gasteiger partial charge in [-0.05, 0) is 19.1 Å². The Kier molecular flexibility index (Phi) is 3.77. The molecule has 0 bridgehead atoms. The Labute approximate surface area is 88.0 Å². The van der Waals surface area contributed by atoms with Crippen LogP contribution in [0.1, 0.15) is 6.92 Å². The number of benzene rings is 1. The fraction of sp³-hybridized carbons (Fsp3) is 0.300. The normalized spacial score (nSPS) is 11.9. The molecule has 0 radical (unpaired) electrons. The number of rotatable bonds is 3. The van der Waals surface area contributed by atoms with E-state index in [1.165, 1.54) is 0 Å². The van der Waals surface area contributed by atoms with Crippen LogP contribution in [0, 0.1) is 0 Å². The zero-order valence-corrected chi connectivity index (χ0v) is 8.84. The number of hydrogen-bond donors (Lipinski definition) is 1. The van der Waals surface area contributed by atoms with E-state index >= 15 is 0 Å². The molecule has 0 saturated carbocycles. The molecule has 0 aliphatic heterocycles. The predicted molar refractivity (Wildman–Crippen MR) is 56.9 cm³/mol. The van der Waals surface area contributed by atoms with Crippen molar-refractivity contribution >= 4 is 23.2 Å². The molecule has 0 fully saturated rings. The summed E-state index contributed by atoms with van der Waals surface area (Å²) in [4.78, 5) is 11.3. The number of amides is 1. The minimum absolute atomic E-state index is 0.240. The van der Waals surface area contributed by atoms with Gasteiger partial charge in [0.15, 0.2) is 0 Å². The molecule has 4 heteroatoms.